The number of esters is 1. The first-order chi connectivity index (χ1) is 10.6. The van der Waals surface area contributed by atoms with Crippen LogP contribution in [0.1, 0.15) is 40.5 Å². The maximum atomic E-state index is 12.6. The Morgan fingerprint density at radius 1 is 1.30 bits per heavy atom. The van der Waals surface area contributed by atoms with Crippen LogP contribution in [0.2, 0.25) is 0 Å². The Morgan fingerprint density at radius 2 is 1.91 bits per heavy atom. The summed E-state index contributed by atoms with van der Waals surface area (Å²) in [6.07, 6.45) is -0.776. The van der Waals surface area contributed by atoms with Gasteiger partial charge in [0, 0.05) is 6.54 Å². The third kappa shape index (κ3) is 5.38. The number of rotatable bonds is 4. The number of amides is 2. The fourth-order valence-electron chi connectivity index (χ4n) is 2.41. The molecule has 0 aliphatic carbocycles. The molecule has 0 aromatic heterocycles. The third-order valence-corrected chi connectivity index (χ3v) is 3.43. The fraction of sp³-hybridized carbons (Fsp3) is 0.800. The van der Waals surface area contributed by atoms with Crippen LogP contribution in [0.5, 0.6) is 0 Å². The zero-order valence-electron chi connectivity index (χ0n) is 14.3. The molecule has 0 saturated carbocycles. The molecule has 0 aromatic rings. The topological polar surface area (TPSA) is 105 Å². The van der Waals surface area contributed by atoms with Gasteiger partial charge < -0.3 is 24.8 Å². The fourth-order valence-corrected chi connectivity index (χ4v) is 2.41. The van der Waals surface area contributed by atoms with Crippen molar-refractivity contribution in [1.29, 1.82) is 0 Å². The molecule has 1 saturated heterocycles. The molecular formula is C15H26N2O6. The number of likely N-dealkylation sites (tertiary alicyclic amines) is 1. The average molecular weight is 330 g/mol. The van der Waals surface area contributed by atoms with Crippen molar-refractivity contribution in [2.45, 2.75) is 64.3 Å². The lowest BCUT2D eigenvalue weighted by Crippen LogP contribution is -2.56. The summed E-state index contributed by atoms with van der Waals surface area (Å²) in [6.45, 7) is 6.85. The predicted molar refractivity (Wildman–Crippen MR) is 81.6 cm³/mol. The molecule has 1 aliphatic rings. The van der Waals surface area contributed by atoms with Gasteiger partial charge in [0.05, 0.1) is 13.2 Å². The van der Waals surface area contributed by atoms with Crippen LogP contribution in [-0.2, 0) is 19.1 Å². The van der Waals surface area contributed by atoms with Crippen LogP contribution in [0.25, 0.3) is 0 Å². The number of aliphatic hydroxyl groups excluding tert-OH is 1. The Labute approximate surface area is 136 Å². The number of aliphatic hydroxyl groups is 1. The minimum atomic E-state index is -1.19. The van der Waals surface area contributed by atoms with E-state index >= 15 is 0 Å². The van der Waals surface area contributed by atoms with Gasteiger partial charge in [-0.25, -0.2) is 9.59 Å². The minimum absolute atomic E-state index is 0.373. The Hall–Kier alpha value is -1.83. The largest absolute Gasteiger partial charge is 0.467 e. The SMILES string of the molecule is COC(=O)[C@@H]1CCCN1C(=O)[C@@H](NC(=O)OC(C)(C)C)[C@@H](C)O. The summed E-state index contributed by atoms with van der Waals surface area (Å²) in [7, 11) is 1.26. The summed E-state index contributed by atoms with van der Waals surface area (Å²) in [4.78, 5) is 37.5. The van der Waals surface area contributed by atoms with Gasteiger partial charge in [-0.2, -0.15) is 0 Å². The number of alkyl carbamates (subject to hydrolysis) is 1. The summed E-state index contributed by atoms with van der Waals surface area (Å²) in [6, 6.07) is -1.87. The Balaban J connectivity index is 2.82. The molecule has 0 aromatic carbocycles. The molecule has 0 radical (unpaired) electrons. The van der Waals surface area contributed by atoms with Crippen molar-refractivity contribution < 1.29 is 29.0 Å². The van der Waals surface area contributed by atoms with Gasteiger partial charge in [0.1, 0.15) is 17.7 Å². The van der Waals surface area contributed by atoms with Gasteiger partial charge in [-0.05, 0) is 40.5 Å². The Morgan fingerprint density at radius 3 is 2.39 bits per heavy atom. The van der Waals surface area contributed by atoms with Crippen molar-refractivity contribution in [1.82, 2.24) is 10.2 Å². The quantitative estimate of drug-likeness (QED) is 0.724. The zero-order valence-corrected chi connectivity index (χ0v) is 14.3. The monoisotopic (exact) mass is 330 g/mol. The van der Waals surface area contributed by atoms with E-state index in [1.54, 1.807) is 20.8 Å². The van der Waals surface area contributed by atoms with Crippen molar-refractivity contribution in [2.24, 2.45) is 0 Å². The smallest absolute Gasteiger partial charge is 0.408 e. The van der Waals surface area contributed by atoms with Crippen LogP contribution in [0.4, 0.5) is 4.79 Å². The molecule has 1 heterocycles. The number of nitrogens with zero attached hydrogens (tertiary/aromatic N) is 1. The van der Waals surface area contributed by atoms with Crippen LogP contribution in [0.15, 0.2) is 0 Å². The molecule has 2 amide bonds. The first kappa shape index (κ1) is 19.2. The molecule has 2 N–H and O–H groups in total. The molecule has 3 atom stereocenters. The first-order valence-electron chi connectivity index (χ1n) is 7.62. The highest BCUT2D eigenvalue weighted by Crippen LogP contribution is 2.20. The van der Waals surface area contributed by atoms with Crippen LogP contribution in [0, 0.1) is 0 Å². The Kier molecular flexibility index (Phi) is 6.37. The van der Waals surface area contributed by atoms with E-state index < -0.39 is 41.8 Å². The van der Waals surface area contributed by atoms with E-state index in [0.29, 0.717) is 19.4 Å². The van der Waals surface area contributed by atoms with Gasteiger partial charge in [0.2, 0.25) is 5.91 Å². The number of hydrogen-bond acceptors (Lipinski definition) is 6. The molecule has 1 fully saturated rings. The zero-order chi connectivity index (χ0) is 17.8. The maximum absolute atomic E-state index is 12.6. The number of carbonyl (C=O) groups is 3. The van der Waals surface area contributed by atoms with Gasteiger partial charge in [-0.3, -0.25) is 4.79 Å². The number of methoxy groups -OCH3 is 1. The second-order valence-corrected chi connectivity index (χ2v) is 6.58. The lowest BCUT2D eigenvalue weighted by molar-refractivity contribution is -0.152. The van der Waals surface area contributed by atoms with E-state index in [9.17, 15) is 19.5 Å². The van der Waals surface area contributed by atoms with Crippen LogP contribution in [0.3, 0.4) is 0 Å². The van der Waals surface area contributed by atoms with Gasteiger partial charge in [-0.1, -0.05) is 0 Å². The molecule has 23 heavy (non-hydrogen) atoms. The van der Waals surface area contributed by atoms with Crippen molar-refractivity contribution in [3.05, 3.63) is 0 Å². The Bertz CT molecular complexity index is 457. The van der Waals surface area contributed by atoms with Crippen molar-refractivity contribution in [2.75, 3.05) is 13.7 Å². The highest BCUT2D eigenvalue weighted by molar-refractivity contribution is 5.90. The normalized spacial score (nSPS) is 20.6. The van der Waals surface area contributed by atoms with Gasteiger partial charge in [0.15, 0.2) is 0 Å². The number of carbonyl (C=O) groups excluding carboxylic acids is 3. The number of nitrogens with one attached hydrogen (secondary N) is 1. The van der Waals surface area contributed by atoms with E-state index in [4.69, 9.17) is 9.47 Å². The molecule has 0 bridgehead atoms. The van der Waals surface area contributed by atoms with E-state index in [-0.39, 0.29) is 0 Å². The van der Waals surface area contributed by atoms with Crippen LogP contribution >= 0.6 is 0 Å². The van der Waals surface area contributed by atoms with Crippen LogP contribution < -0.4 is 5.32 Å². The van der Waals surface area contributed by atoms with Crippen molar-refractivity contribution in [3.63, 3.8) is 0 Å². The summed E-state index contributed by atoms with van der Waals surface area (Å²) >= 11 is 0. The summed E-state index contributed by atoms with van der Waals surface area (Å²) < 4.78 is 9.80. The van der Waals surface area contributed by atoms with E-state index in [1.165, 1.54) is 18.9 Å². The maximum Gasteiger partial charge on any atom is 0.408 e. The lowest BCUT2D eigenvalue weighted by Gasteiger charge is -2.30. The number of ether oxygens (including phenoxy) is 2. The molecule has 1 aliphatic heterocycles. The van der Waals surface area contributed by atoms with Crippen molar-refractivity contribution >= 4 is 18.0 Å². The standard InChI is InChI=1S/C15H26N2O6/c1-9(18)11(16-14(21)23-15(2,3)4)12(19)17-8-6-7-10(17)13(20)22-5/h9-11,18H,6-8H2,1-5H3,(H,16,21)/t9-,10+,11+/m1/s1. The first-order valence-corrected chi connectivity index (χ1v) is 7.62. The summed E-state index contributed by atoms with van der Waals surface area (Å²) in [5.41, 5.74) is -0.724. The molecule has 0 spiro atoms. The number of hydrogen-bond donors (Lipinski definition) is 2. The summed E-state index contributed by atoms with van der Waals surface area (Å²) in [5.74, 6) is -1.03. The minimum Gasteiger partial charge on any atom is -0.467 e. The second-order valence-electron chi connectivity index (χ2n) is 6.58. The van der Waals surface area contributed by atoms with E-state index in [1.807, 2.05) is 0 Å². The summed E-state index contributed by atoms with van der Waals surface area (Å²) in [5, 5.41) is 12.2. The molecule has 1 rings (SSSR count). The van der Waals surface area contributed by atoms with Gasteiger partial charge in [-0.15, -0.1) is 0 Å². The predicted octanol–water partition coefficient (Wildman–Crippen LogP) is 0.424. The second kappa shape index (κ2) is 7.63. The molecule has 8 heteroatoms. The lowest BCUT2D eigenvalue weighted by atomic mass is 10.1. The third-order valence-electron chi connectivity index (χ3n) is 3.43. The van der Waals surface area contributed by atoms with Gasteiger partial charge >= 0.3 is 12.1 Å². The van der Waals surface area contributed by atoms with Crippen LogP contribution in [-0.4, -0.2) is 65.4 Å². The van der Waals surface area contributed by atoms with Crippen molar-refractivity contribution in [3.8, 4) is 0 Å². The molecular weight excluding hydrogens is 304 g/mol. The highest BCUT2D eigenvalue weighted by Gasteiger charge is 2.40. The van der Waals surface area contributed by atoms with E-state index in [2.05, 4.69) is 5.32 Å². The van der Waals surface area contributed by atoms with Gasteiger partial charge in [0.25, 0.3) is 0 Å². The molecule has 132 valence electrons. The van der Waals surface area contributed by atoms with E-state index in [0.717, 1.165) is 0 Å². The molecule has 0 unspecified atom stereocenters. The highest BCUT2D eigenvalue weighted by atomic mass is 16.6. The molecule has 8 nitrogen and oxygen atoms in total. The average Bonchev–Trinajstić information content (AvgIpc) is 2.90.